The van der Waals surface area contributed by atoms with E-state index in [9.17, 15) is 9.59 Å². The van der Waals surface area contributed by atoms with Crippen molar-refractivity contribution in [3.05, 3.63) is 59.7 Å². The minimum absolute atomic E-state index is 0.136. The van der Waals surface area contributed by atoms with Gasteiger partial charge in [-0.3, -0.25) is 9.59 Å². The highest BCUT2D eigenvalue weighted by Gasteiger charge is 2.29. The SMILES string of the molecule is CC[C@H](C(=O)NCC(C)C)N(Cc1ccccc1C)C(=O)COc1ccc(OC)cc1. The first-order chi connectivity index (χ1) is 14.8. The van der Waals surface area contributed by atoms with Crippen molar-refractivity contribution in [3.63, 3.8) is 0 Å². The number of aryl methyl sites for hydroxylation is 1. The number of nitrogens with zero attached hydrogens (tertiary/aromatic N) is 1. The van der Waals surface area contributed by atoms with Gasteiger partial charge in [-0.25, -0.2) is 0 Å². The molecule has 6 nitrogen and oxygen atoms in total. The second-order valence-corrected chi connectivity index (χ2v) is 7.98. The van der Waals surface area contributed by atoms with E-state index in [4.69, 9.17) is 9.47 Å². The van der Waals surface area contributed by atoms with Gasteiger partial charge in [-0.1, -0.05) is 45.0 Å². The summed E-state index contributed by atoms with van der Waals surface area (Å²) >= 11 is 0. The Labute approximate surface area is 185 Å². The van der Waals surface area contributed by atoms with Crippen LogP contribution in [0.1, 0.15) is 38.3 Å². The Bertz CT molecular complexity index is 849. The van der Waals surface area contributed by atoms with Crippen LogP contribution in [0.4, 0.5) is 0 Å². The highest BCUT2D eigenvalue weighted by Crippen LogP contribution is 2.19. The van der Waals surface area contributed by atoms with Gasteiger partial charge in [-0.05, 0) is 54.7 Å². The van der Waals surface area contributed by atoms with Crippen molar-refractivity contribution in [2.75, 3.05) is 20.3 Å². The number of benzene rings is 2. The summed E-state index contributed by atoms with van der Waals surface area (Å²) in [6.45, 7) is 8.79. The minimum atomic E-state index is -0.565. The molecule has 0 aromatic heterocycles. The summed E-state index contributed by atoms with van der Waals surface area (Å²) in [5, 5.41) is 2.97. The molecule has 168 valence electrons. The van der Waals surface area contributed by atoms with Gasteiger partial charge in [0.2, 0.25) is 5.91 Å². The molecule has 2 aromatic carbocycles. The number of methoxy groups -OCH3 is 1. The van der Waals surface area contributed by atoms with Crippen molar-refractivity contribution in [1.82, 2.24) is 10.2 Å². The minimum Gasteiger partial charge on any atom is -0.497 e. The second kappa shape index (κ2) is 12.0. The first-order valence-corrected chi connectivity index (χ1v) is 10.7. The zero-order valence-electron chi connectivity index (χ0n) is 19.2. The fourth-order valence-corrected chi connectivity index (χ4v) is 3.21. The van der Waals surface area contributed by atoms with Crippen molar-refractivity contribution < 1.29 is 19.1 Å². The topological polar surface area (TPSA) is 67.9 Å². The van der Waals surface area contributed by atoms with Crippen LogP contribution < -0.4 is 14.8 Å². The molecule has 0 heterocycles. The first-order valence-electron chi connectivity index (χ1n) is 10.7. The number of hydrogen-bond donors (Lipinski definition) is 1. The lowest BCUT2D eigenvalue weighted by Gasteiger charge is -2.31. The molecular formula is C25H34N2O4. The number of hydrogen-bond acceptors (Lipinski definition) is 4. The van der Waals surface area contributed by atoms with E-state index in [1.807, 2.05) is 52.0 Å². The van der Waals surface area contributed by atoms with Crippen LogP contribution in [-0.2, 0) is 16.1 Å². The Morgan fingerprint density at radius 3 is 2.26 bits per heavy atom. The van der Waals surface area contributed by atoms with Gasteiger partial charge in [-0.2, -0.15) is 0 Å². The highest BCUT2D eigenvalue weighted by molar-refractivity contribution is 5.88. The van der Waals surface area contributed by atoms with E-state index >= 15 is 0 Å². The van der Waals surface area contributed by atoms with Gasteiger partial charge in [0.05, 0.1) is 7.11 Å². The van der Waals surface area contributed by atoms with Crippen LogP contribution >= 0.6 is 0 Å². The normalized spacial score (nSPS) is 11.7. The van der Waals surface area contributed by atoms with E-state index in [1.54, 1.807) is 36.3 Å². The lowest BCUT2D eigenvalue weighted by Crippen LogP contribution is -2.50. The Balaban J connectivity index is 2.18. The molecule has 6 heteroatoms. The Morgan fingerprint density at radius 2 is 1.68 bits per heavy atom. The summed E-state index contributed by atoms with van der Waals surface area (Å²) < 4.78 is 10.9. The quantitative estimate of drug-likeness (QED) is 0.591. The standard InChI is InChI=1S/C25H34N2O4/c1-6-23(25(29)26-15-18(2)3)27(16-20-10-8-7-9-19(20)4)24(28)17-31-22-13-11-21(30-5)12-14-22/h7-14,18,23H,6,15-17H2,1-5H3,(H,26,29)/t23-/m1/s1. The number of ether oxygens (including phenoxy) is 2. The van der Waals surface area contributed by atoms with Crippen molar-refractivity contribution in [1.29, 1.82) is 0 Å². The molecule has 0 radical (unpaired) electrons. The van der Waals surface area contributed by atoms with Gasteiger partial charge in [0, 0.05) is 13.1 Å². The molecule has 2 amide bonds. The summed E-state index contributed by atoms with van der Waals surface area (Å²) in [6, 6.07) is 14.4. The average Bonchev–Trinajstić information content (AvgIpc) is 2.77. The Kier molecular flexibility index (Phi) is 9.38. The van der Waals surface area contributed by atoms with Gasteiger partial charge in [0.1, 0.15) is 17.5 Å². The van der Waals surface area contributed by atoms with Crippen LogP contribution in [0, 0.1) is 12.8 Å². The van der Waals surface area contributed by atoms with E-state index in [2.05, 4.69) is 5.32 Å². The molecule has 1 N–H and O–H groups in total. The summed E-state index contributed by atoms with van der Waals surface area (Å²) in [6.07, 6.45) is 0.518. The molecule has 0 spiro atoms. The molecule has 0 aliphatic rings. The number of nitrogens with one attached hydrogen (secondary N) is 1. The Morgan fingerprint density at radius 1 is 1.03 bits per heavy atom. The van der Waals surface area contributed by atoms with Gasteiger partial charge in [0.15, 0.2) is 6.61 Å². The summed E-state index contributed by atoms with van der Waals surface area (Å²) in [7, 11) is 1.60. The third kappa shape index (κ3) is 7.31. The maximum Gasteiger partial charge on any atom is 0.261 e. The van der Waals surface area contributed by atoms with Gasteiger partial charge in [0.25, 0.3) is 5.91 Å². The first kappa shape index (κ1) is 24.3. The predicted octanol–water partition coefficient (Wildman–Crippen LogP) is 3.96. The fourth-order valence-electron chi connectivity index (χ4n) is 3.21. The maximum atomic E-state index is 13.2. The maximum absolute atomic E-state index is 13.2. The number of carbonyl (C=O) groups excluding carboxylic acids is 2. The van der Waals surface area contributed by atoms with Crippen LogP contribution in [0.15, 0.2) is 48.5 Å². The zero-order chi connectivity index (χ0) is 22.8. The average molecular weight is 427 g/mol. The van der Waals surface area contributed by atoms with Crippen molar-refractivity contribution in [3.8, 4) is 11.5 Å². The van der Waals surface area contributed by atoms with Crippen molar-refractivity contribution in [2.24, 2.45) is 5.92 Å². The van der Waals surface area contributed by atoms with Crippen molar-refractivity contribution >= 4 is 11.8 Å². The molecule has 0 aliphatic carbocycles. The molecule has 0 fully saturated rings. The lowest BCUT2D eigenvalue weighted by molar-refractivity contribution is -0.143. The van der Waals surface area contributed by atoms with Gasteiger partial charge < -0.3 is 19.7 Å². The molecule has 1 atom stereocenters. The van der Waals surface area contributed by atoms with E-state index in [0.29, 0.717) is 36.9 Å². The second-order valence-electron chi connectivity index (χ2n) is 7.98. The molecular weight excluding hydrogens is 392 g/mol. The largest absolute Gasteiger partial charge is 0.497 e. The third-order valence-corrected chi connectivity index (χ3v) is 5.09. The van der Waals surface area contributed by atoms with Crippen LogP contribution in [0.25, 0.3) is 0 Å². The van der Waals surface area contributed by atoms with Crippen LogP contribution in [-0.4, -0.2) is 43.0 Å². The number of carbonyl (C=O) groups is 2. The lowest BCUT2D eigenvalue weighted by atomic mass is 10.1. The van der Waals surface area contributed by atoms with Gasteiger partial charge in [-0.15, -0.1) is 0 Å². The van der Waals surface area contributed by atoms with E-state index < -0.39 is 6.04 Å². The van der Waals surface area contributed by atoms with E-state index in [1.165, 1.54) is 0 Å². The Hall–Kier alpha value is -3.02. The van der Waals surface area contributed by atoms with Gasteiger partial charge >= 0.3 is 0 Å². The molecule has 0 unspecified atom stereocenters. The fraction of sp³-hybridized carbons (Fsp3) is 0.440. The summed E-state index contributed by atoms with van der Waals surface area (Å²) in [4.78, 5) is 27.7. The predicted molar refractivity (Wildman–Crippen MR) is 122 cm³/mol. The van der Waals surface area contributed by atoms with E-state index in [-0.39, 0.29) is 18.4 Å². The molecule has 0 saturated carbocycles. The number of rotatable bonds is 11. The number of amides is 2. The molecule has 0 saturated heterocycles. The third-order valence-electron chi connectivity index (χ3n) is 5.09. The molecule has 0 aliphatic heterocycles. The summed E-state index contributed by atoms with van der Waals surface area (Å²) in [5.41, 5.74) is 2.09. The van der Waals surface area contributed by atoms with Crippen molar-refractivity contribution in [2.45, 2.75) is 46.7 Å². The highest BCUT2D eigenvalue weighted by atomic mass is 16.5. The van der Waals surface area contributed by atoms with Crippen LogP contribution in [0.3, 0.4) is 0 Å². The molecule has 0 bridgehead atoms. The molecule has 31 heavy (non-hydrogen) atoms. The van der Waals surface area contributed by atoms with Crippen LogP contribution in [0.2, 0.25) is 0 Å². The smallest absolute Gasteiger partial charge is 0.261 e. The molecule has 2 rings (SSSR count). The van der Waals surface area contributed by atoms with Crippen LogP contribution in [0.5, 0.6) is 11.5 Å². The monoisotopic (exact) mass is 426 g/mol. The summed E-state index contributed by atoms with van der Waals surface area (Å²) in [5.74, 6) is 1.25. The zero-order valence-corrected chi connectivity index (χ0v) is 19.2. The molecule has 2 aromatic rings. The van der Waals surface area contributed by atoms with E-state index in [0.717, 1.165) is 11.1 Å².